The molecule has 2 aromatic rings. The lowest BCUT2D eigenvalue weighted by Gasteiger charge is -2.18. The molecule has 0 saturated carbocycles. The number of amides is 1. The van der Waals surface area contributed by atoms with Crippen LogP contribution in [-0.2, 0) is 17.8 Å². The molecule has 1 saturated heterocycles. The van der Waals surface area contributed by atoms with Gasteiger partial charge in [0.05, 0.1) is 11.6 Å². The van der Waals surface area contributed by atoms with Gasteiger partial charge in [-0.05, 0) is 77.6 Å². The third-order valence-electron chi connectivity index (χ3n) is 4.74. The van der Waals surface area contributed by atoms with Crippen LogP contribution in [0.1, 0.15) is 30.4 Å². The highest BCUT2D eigenvalue weighted by Gasteiger charge is 2.14. The van der Waals surface area contributed by atoms with E-state index in [4.69, 9.17) is 4.74 Å². The number of nitrogens with one attached hydrogen (secondary N) is 1. The molecule has 1 aliphatic rings. The second-order valence-corrected chi connectivity index (χ2v) is 7.51. The Labute approximate surface area is 163 Å². The predicted molar refractivity (Wildman–Crippen MR) is 109 cm³/mol. The summed E-state index contributed by atoms with van der Waals surface area (Å²) in [6, 6.07) is 14.0. The molecule has 0 aromatic heterocycles. The fourth-order valence-electron chi connectivity index (χ4n) is 3.30. The van der Waals surface area contributed by atoms with Crippen molar-refractivity contribution in [3.8, 4) is 5.75 Å². The van der Waals surface area contributed by atoms with Crippen LogP contribution < -0.4 is 10.1 Å². The number of halogens is 1. The molecule has 0 unspecified atom stereocenters. The Bertz CT molecular complexity index is 757. The zero-order chi connectivity index (χ0) is 18.4. The molecule has 1 aliphatic heterocycles. The van der Waals surface area contributed by atoms with Crippen LogP contribution in [0.2, 0.25) is 0 Å². The number of carbonyl (C=O) groups is 1. The third-order valence-corrected chi connectivity index (χ3v) is 5.36. The number of methoxy groups -OCH3 is 1. The molecule has 0 atom stereocenters. The molecule has 0 aliphatic carbocycles. The Balaban J connectivity index is 1.57. The van der Waals surface area contributed by atoms with Crippen molar-refractivity contribution < 1.29 is 9.53 Å². The Morgan fingerprint density at radius 3 is 2.69 bits per heavy atom. The van der Waals surface area contributed by atoms with Crippen LogP contribution in [0.4, 0.5) is 5.69 Å². The third kappa shape index (κ3) is 5.08. The number of hydrogen-bond acceptors (Lipinski definition) is 3. The zero-order valence-electron chi connectivity index (χ0n) is 15.1. The molecular weight excluding hydrogens is 392 g/mol. The van der Waals surface area contributed by atoms with Gasteiger partial charge >= 0.3 is 0 Å². The molecule has 3 rings (SSSR count). The van der Waals surface area contributed by atoms with E-state index in [1.165, 1.54) is 18.4 Å². The summed E-state index contributed by atoms with van der Waals surface area (Å²) in [5.41, 5.74) is 3.23. The van der Waals surface area contributed by atoms with Crippen molar-refractivity contribution in [3.05, 3.63) is 58.1 Å². The minimum absolute atomic E-state index is 0.0470. The highest BCUT2D eigenvalue weighted by Crippen LogP contribution is 2.26. The average Bonchev–Trinajstić information content (AvgIpc) is 3.15. The van der Waals surface area contributed by atoms with Crippen LogP contribution in [-0.4, -0.2) is 31.0 Å². The molecule has 26 heavy (non-hydrogen) atoms. The largest absolute Gasteiger partial charge is 0.496 e. The molecule has 0 radical (unpaired) electrons. The van der Waals surface area contributed by atoms with Crippen LogP contribution in [0, 0.1) is 0 Å². The van der Waals surface area contributed by atoms with Crippen molar-refractivity contribution in [1.29, 1.82) is 0 Å². The summed E-state index contributed by atoms with van der Waals surface area (Å²) in [4.78, 5) is 14.9. The number of benzene rings is 2. The van der Waals surface area contributed by atoms with Crippen LogP contribution >= 0.6 is 15.9 Å². The Morgan fingerprint density at radius 2 is 1.96 bits per heavy atom. The lowest BCUT2D eigenvalue weighted by atomic mass is 10.1. The molecule has 5 heteroatoms. The molecule has 138 valence electrons. The van der Waals surface area contributed by atoms with E-state index in [2.05, 4.69) is 32.2 Å². The van der Waals surface area contributed by atoms with E-state index in [1.807, 2.05) is 36.4 Å². The van der Waals surface area contributed by atoms with Gasteiger partial charge in [0.2, 0.25) is 5.91 Å². The van der Waals surface area contributed by atoms with Gasteiger partial charge in [0.15, 0.2) is 0 Å². The molecule has 2 aromatic carbocycles. The Morgan fingerprint density at radius 1 is 1.19 bits per heavy atom. The van der Waals surface area contributed by atoms with Crippen molar-refractivity contribution >= 4 is 27.5 Å². The van der Waals surface area contributed by atoms with E-state index < -0.39 is 0 Å². The van der Waals surface area contributed by atoms with Gasteiger partial charge in [0.1, 0.15) is 5.75 Å². The highest BCUT2D eigenvalue weighted by atomic mass is 79.9. The maximum absolute atomic E-state index is 12.4. The van der Waals surface area contributed by atoms with E-state index in [0.717, 1.165) is 41.1 Å². The van der Waals surface area contributed by atoms with Crippen molar-refractivity contribution in [1.82, 2.24) is 4.90 Å². The van der Waals surface area contributed by atoms with Crippen LogP contribution in [0.5, 0.6) is 5.75 Å². The number of anilines is 1. The second kappa shape index (κ2) is 9.19. The lowest BCUT2D eigenvalue weighted by molar-refractivity contribution is -0.116. The number of para-hydroxylation sites is 1. The molecule has 0 spiro atoms. The van der Waals surface area contributed by atoms with Gasteiger partial charge in [-0.3, -0.25) is 9.69 Å². The maximum atomic E-state index is 12.4. The molecule has 1 heterocycles. The van der Waals surface area contributed by atoms with E-state index in [9.17, 15) is 4.79 Å². The number of carbonyl (C=O) groups excluding carboxylic acids is 1. The zero-order valence-corrected chi connectivity index (χ0v) is 16.7. The van der Waals surface area contributed by atoms with E-state index in [-0.39, 0.29) is 5.91 Å². The second-order valence-electron chi connectivity index (χ2n) is 6.66. The highest BCUT2D eigenvalue weighted by molar-refractivity contribution is 9.10. The van der Waals surface area contributed by atoms with Gasteiger partial charge in [-0.2, -0.15) is 0 Å². The molecule has 0 bridgehead atoms. The van der Waals surface area contributed by atoms with E-state index in [0.29, 0.717) is 12.8 Å². The Hall–Kier alpha value is -1.85. The number of likely N-dealkylation sites (tertiary alicyclic amines) is 1. The number of rotatable bonds is 7. The summed E-state index contributed by atoms with van der Waals surface area (Å²) in [5, 5.41) is 3.09. The summed E-state index contributed by atoms with van der Waals surface area (Å²) in [7, 11) is 1.65. The van der Waals surface area contributed by atoms with E-state index >= 15 is 0 Å². The number of hydrogen-bond donors (Lipinski definition) is 1. The first-order valence-corrected chi connectivity index (χ1v) is 9.87. The van der Waals surface area contributed by atoms with Crippen molar-refractivity contribution in [3.63, 3.8) is 0 Å². The SMILES string of the molecule is COc1ccc(CCC(=O)Nc2ccccc2CN2CCCC2)cc1Br. The summed E-state index contributed by atoms with van der Waals surface area (Å²) >= 11 is 3.49. The van der Waals surface area contributed by atoms with Gasteiger partial charge in [-0.25, -0.2) is 0 Å². The molecule has 1 amide bonds. The van der Waals surface area contributed by atoms with Gasteiger partial charge < -0.3 is 10.1 Å². The molecule has 1 N–H and O–H groups in total. The standard InChI is InChI=1S/C21H25BrN2O2/c1-26-20-10-8-16(14-18(20)22)9-11-21(25)23-19-7-3-2-6-17(19)15-24-12-4-5-13-24/h2-3,6-8,10,14H,4-5,9,11-13,15H2,1H3,(H,23,25). The van der Waals surface area contributed by atoms with Gasteiger partial charge in [-0.1, -0.05) is 24.3 Å². The average molecular weight is 417 g/mol. The summed E-state index contributed by atoms with van der Waals surface area (Å²) < 4.78 is 6.15. The molecule has 4 nitrogen and oxygen atoms in total. The quantitative estimate of drug-likeness (QED) is 0.715. The van der Waals surface area contributed by atoms with E-state index in [1.54, 1.807) is 7.11 Å². The van der Waals surface area contributed by atoms with Gasteiger partial charge in [-0.15, -0.1) is 0 Å². The first-order valence-electron chi connectivity index (χ1n) is 9.08. The van der Waals surface area contributed by atoms with Crippen LogP contribution in [0.3, 0.4) is 0 Å². The number of ether oxygens (including phenoxy) is 1. The lowest BCUT2D eigenvalue weighted by Crippen LogP contribution is -2.20. The van der Waals surface area contributed by atoms with Crippen molar-refractivity contribution in [2.45, 2.75) is 32.2 Å². The minimum Gasteiger partial charge on any atom is -0.496 e. The molecular formula is C21H25BrN2O2. The fraction of sp³-hybridized carbons (Fsp3) is 0.381. The number of nitrogens with zero attached hydrogens (tertiary/aromatic N) is 1. The van der Waals surface area contributed by atoms with Gasteiger partial charge in [0.25, 0.3) is 0 Å². The maximum Gasteiger partial charge on any atom is 0.224 e. The topological polar surface area (TPSA) is 41.6 Å². The first-order chi connectivity index (χ1) is 12.7. The summed E-state index contributed by atoms with van der Waals surface area (Å²) in [6.07, 6.45) is 3.69. The minimum atomic E-state index is 0.0470. The fourth-order valence-corrected chi connectivity index (χ4v) is 3.89. The first kappa shape index (κ1) is 18.9. The number of aryl methyl sites for hydroxylation is 1. The Kier molecular flexibility index (Phi) is 6.69. The van der Waals surface area contributed by atoms with Gasteiger partial charge in [0, 0.05) is 18.7 Å². The van der Waals surface area contributed by atoms with Crippen LogP contribution in [0.15, 0.2) is 46.9 Å². The summed E-state index contributed by atoms with van der Waals surface area (Å²) in [5.74, 6) is 0.847. The molecule has 1 fully saturated rings. The monoisotopic (exact) mass is 416 g/mol. The van der Waals surface area contributed by atoms with Crippen molar-refractivity contribution in [2.24, 2.45) is 0 Å². The van der Waals surface area contributed by atoms with Crippen LogP contribution in [0.25, 0.3) is 0 Å². The normalized spacial score (nSPS) is 14.4. The summed E-state index contributed by atoms with van der Waals surface area (Å²) in [6.45, 7) is 3.20. The smallest absolute Gasteiger partial charge is 0.224 e. The van der Waals surface area contributed by atoms with Crippen molar-refractivity contribution in [2.75, 3.05) is 25.5 Å². The predicted octanol–water partition coefficient (Wildman–Crippen LogP) is 4.62.